The standard InChI is InChI=1S/2C36H43ClN2O7/c2*1-38-15-4-3-7-30(40)27-11-8-24(27)20-39-21-35(14-5-6-23-16-26(37)10-12-28(23)35)22-46-31-13-9-25(17-29(31)39)36(18-32(38)41,19-33(42)43)34(44)45-2/h2*3,7,9-10,12-13,16-17,24,27,30,40H,4-6,8,11,14-15,18-22H2,1-2H3,(H,42,43)/b2*7-3+/t24-,27+,30-,35-,36+;24-,27+,30-,35-,36-/m00/s1. The van der Waals surface area contributed by atoms with Gasteiger partial charge in [0.05, 0.1) is 63.9 Å². The summed E-state index contributed by atoms with van der Waals surface area (Å²) >= 11 is 12.8. The van der Waals surface area contributed by atoms with Gasteiger partial charge < -0.3 is 59.0 Å². The van der Waals surface area contributed by atoms with Crippen molar-refractivity contribution in [1.82, 2.24) is 9.80 Å². The van der Waals surface area contributed by atoms with E-state index in [4.69, 9.17) is 42.1 Å². The monoisotopic (exact) mass is 1300 g/mol. The third-order valence-corrected chi connectivity index (χ3v) is 22.1. The van der Waals surface area contributed by atoms with E-state index >= 15 is 0 Å². The Kier molecular flexibility index (Phi) is 19.8. The van der Waals surface area contributed by atoms with Crippen molar-refractivity contribution in [2.24, 2.45) is 23.7 Å². The van der Waals surface area contributed by atoms with E-state index in [1.165, 1.54) is 46.3 Å². The molecule has 10 atom stereocenters. The van der Waals surface area contributed by atoms with Crippen molar-refractivity contribution in [3.8, 4) is 11.5 Å². The molecule has 8 aliphatic rings. The molecule has 18 nitrogen and oxygen atoms in total. The zero-order valence-corrected chi connectivity index (χ0v) is 54.6. The fourth-order valence-electron chi connectivity index (χ4n) is 16.2. The molecule has 0 saturated heterocycles. The number of aliphatic carboxylic acids is 2. The van der Waals surface area contributed by atoms with Crippen LogP contribution in [0.4, 0.5) is 11.4 Å². The van der Waals surface area contributed by atoms with Crippen LogP contribution in [0.25, 0.3) is 0 Å². The Morgan fingerprint density at radius 3 is 1.37 bits per heavy atom. The molecule has 4 aromatic rings. The molecular weight excluding hydrogens is 1220 g/mol. The Hall–Kier alpha value is -7.12. The van der Waals surface area contributed by atoms with Crippen LogP contribution in [0.15, 0.2) is 97.1 Å². The second kappa shape index (κ2) is 27.4. The van der Waals surface area contributed by atoms with Crippen LogP contribution >= 0.6 is 23.2 Å². The smallest absolute Gasteiger partial charge is 0.317 e. The zero-order chi connectivity index (χ0) is 65.3. The molecule has 4 N–H and O–H groups in total. The Bertz CT molecular complexity index is 3320. The SMILES string of the molecule is COC(=O)[C@@]1(CC(=O)O)CC(=O)N(C)CC/C=C/[C@H](O)[C@@H]2CC[C@H]2CN2C[C@@]3(CCCc4cc(Cl)ccc43)COc3ccc1cc32.COC(=O)[C@]1(CC(=O)O)CC(=O)N(C)CC/C=C/[C@H](O)[C@@H]2CC[C@H]2CN2C[C@@]3(CCCc4cc(Cl)ccc43)COc3ccc1cc32. The molecule has 0 unspecified atom stereocenters. The summed E-state index contributed by atoms with van der Waals surface area (Å²) in [6.45, 7) is 4.22. The average molecular weight is 1300 g/mol. The number of aliphatic hydroxyl groups is 2. The topological polar surface area (TPSA) is 233 Å². The van der Waals surface area contributed by atoms with E-state index in [-0.39, 0.29) is 59.2 Å². The number of carboxylic acids is 2. The molecule has 2 amide bonds. The molecule has 2 fully saturated rings. The maximum absolute atomic E-state index is 13.6. The van der Waals surface area contributed by atoms with Gasteiger partial charge in [-0.2, -0.15) is 0 Å². The maximum Gasteiger partial charge on any atom is 0.317 e. The number of benzene rings is 4. The molecule has 0 radical (unpaired) electrons. The number of fused-ring (bicyclic) bond motifs is 8. The van der Waals surface area contributed by atoms with Gasteiger partial charge in [0.2, 0.25) is 11.8 Å². The number of esters is 2. The quantitative estimate of drug-likeness (QED) is 0.104. The first-order chi connectivity index (χ1) is 44.1. The van der Waals surface area contributed by atoms with Gasteiger partial charge in [0.25, 0.3) is 0 Å². The first-order valence-corrected chi connectivity index (χ1v) is 33.3. The minimum absolute atomic E-state index is 0.0916. The van der Waals surface area contributed by atoms with E-state index in [0.29, 0.717) is 98.0 Å². The number of aryl methyl sites for hydroxylation is 2. The number of hydrogen-bond donors (Lipinski definition) is 4. The number of carbonyl (C=O) groups is 6. The van der Waals surface area contributed by atoms with Gasteiger partial charge in [-0.1, -0.05) is 71.8 Å². The van der Waals surface area contributed by atoms with Gasteiger partial charge in [0.1, 0.15) is 22.3 Å². The summed E-state index contributed by atoms with van der Waals surface area (Å²) in [7, 11) is 5.73. The third-order valence-electron chi connectivity index (χ3n) is 21.7. The van der Waals surface area contributed by atoms with Crippen molar-refractivity contribution in [1.29, 1.82) is 0 Å². The van der Waals surface area contributed by atoms with E-state index in [1.807, 2.05) is 48.6 Å². The second-order valence-corrected chi connectivity index (χ2v) is 28.1. The molecule has 2 spiro atoms. The second-order valence-electron chi connectivity index (χ2n) is 27.3. The number of aliphatic hydroxyl groups excluding tert-OH is 2. The summed E-state index contributed by atoms with van der Waals surface area (Å²) in [4.78, 5) is 86.8. The van der Waals surface area contributed by atoms with Crippen molar-refractivity contribution in [2.75, 3.05) is 90.6 Å². The van der Waals surface area contributed by atoms with E-state index in [9.17, 15) is 49.2 Å². The lowest BCUT2D eigenvalue weighted by atomic mass is 9.68. The van der Waals surface area contributed by atoms with Crippen LogP contribution in [0, 0.1) is 23.7 Å². The molecule has 20 heteroatoms. The van der Waals surface area contributed by atoms with Gasteiger partial charge in [0, 0.05) is 87.1 Å². The molecule has 4 aromatic carbocycles. The van der Waals surface area contributed by atoms with E-state index in [1.54, 1.807) is 38.4 Å². The number of hydrogen-bond acceptors (Lipinski definition) is 14. The first-order valence-electron chi connectivity index (χ1n) is 32.5. The molecular formula is C72H86Cl2N4O14. The van der Waals surface area contributed by atoms with Gasteiger partial charge in [-0.25, -0.2) is 0 Å². The summed E-state index contributed by atoms with van der Waals surface area (Å²) in [5.74, 6) is -2.78. The van der Waals surface area contributed by atoms with Gasteiger partial charge in [-0.3, -0.25) is 28.8 Å². The number of carboxylic acid groups (broad SMARTS) is 2. The number of amides is 2. The Balaban J connectivity index is 0.000000188. The van der Waals surface area contributed by atoms with Crippen molar-refractivity contribution in [3.05, 3.63) is 141 Å². The molecule has 4 heterocycles. The Morgan fingerprint density at radius 2 is 1.00 bits per heavy atom. The van der Waals surface area contributed by atoms with Crippen molar-refractivity contribution in [2.45, 2.75) is 137 Å². The normalized spacial score (nSPS) is 30.3. The van der Waals surface area contributed by atoms with Gasteiger partial charge in [-0.15, -0.1) is 0 Å². The lowest BCUT2D eigenvalue weighted by Crippen LogP contribution is -2.49. The fourth-order valence-corrected chi connectivity index (χ4v) is 16.6. The molecule has 92 heavy (non-hydrogen) atoms. The van der Waals surface area contributed by atoms with Crippen LogP contribution in [0.3, 0.4) is 0 Å². The zero-order valence-electron chi connectivity index (χ0n) is 53.1. The average Bonchev–Trinajstić information content (AvgIpc) is 1.48. The number of halogens is 2. The maximum atomic E-state index is 13.6. The molecule has 492 valence electrons. The van der Waals surface area contributed by atoms with Gasteiger partial charge >= 0.3 is 23.9 Å². The predicted molar refractivity (Wildman–Crippen MR) is 349 cm³/mol. The number of carbonyl (C=O) groups excluding carboxylic acids is 4. The highest BCUT2D eigenvalue weighted by atomic mass is 35.5. The minimum Gasteiger partial charge on any atom is -0.490 e. The molecule has 4 bridgehead atoms. The Morgan fingerprint density at radius 1 is 0.587 bits per heavy atom. The summed E-state index contributed by atoms with van der Waals surface area (Å²) in [5, 5.41) is 43.9. The minimum atomic E-state index is -1.74. The summed E-state index contributed by atoms with van der Waals surface area (Å²) in [6, 6.07) is 22.9. The lowest BCUT2D eigenvalue weighted by molar-refractivity contribution is -0.155. The highest BCUT2D eigenvalue weighted by molar-refractivity contribution is 6.31. The van der Waals surface area contributed by atoms with E-state index < -0.39 is 59.8 Å². The van der Waals surface area contributed by atoms with E-state index in [2.05, 4.69) is 34.1 Å². The summed E-state index contributed by atoms with van der Waals surface area (Å²) in [6.07, 6.45) is 14.9. The summed E-state index contributed by atoms with van der Waals surface area (Å²) < 4.78 is 23.7. The van der Waals surface area contributed by atoms with Gasteiger partial charge in [0.15, 0.2) is 0 Å². The number of nitrogens with zero attached hydrogens (tertiary/aromatic N) is 4. The summed E-state index contributed by atoms with van der Waals surface area (Å²) in [5.41, 5.74) is 3.05. The molecule has 2 saturated carbocycles. The van der Waals surface area contributed by atoms with Crippen molar-refractivity contribution >= 4 is 70.3 Å². The van der Waals surface area contributed by atoms with Crippen LogP contribution in [0.1, 0.15) is 123 Å². The largest absolute Gasteiger partial charge is 0.490 e. The number of anilines is 2. The number of ether oxygens (including phenoxy) is 4. The van der Waals surface area contributed by atoms with Crippen molar-refractivity contribution < 1.29 is 68.1 Å². The van der Waals surface area contributed by atoms with Crippen LogP contribution < -0.4 is 19.3 Å². The third kappa shape index (κ3) is 13.2. The predicted octanol–water partition coefficient (Wildman–Crippen LogP) is 9.79. The van der Waals surface area contributed by atoms with Crippen molar-refractivity contribution in [3.63, 3.8) is 0 Å². The Labute approximate surface area is 548 Å². The molecule has 4 aliphatic carbocycles. The van der Waals surface area contributed by atoms with Crippen LogP contribution in [-0.2, 0) is 72.7 Å². The van der Waals surface area contributed by atoms with Crippen LogP contribution in [-0.4, -0.2) is 159 Å². The van der Waals surface area contributed by atoms with Gasteiger partial charge in [-0.05, 0) is 183 Å². The highest BCUT2D eigenvalue weighted by Gasteiger charge is 2.51. The number of rotatable bonds is 6. The highest BCUT2D eigenvalue weighted by Crippen LogP contribution is 2.51. The lowest BCUT2D eigenvalue weighted by Gasteiger charge is -2.45. The van der Waals surface area contributed by atoms with E-state index in [0.717, 1.165) is 75.6 Å². The van der Waals surface area contributed by atoms with Crippen LogP contribution in [0.5, 0.6) is 11.5 Å². The number of methoxy groups -OCH3 is 2. The molecule has 0 aromatic heterocycles. The first kappa shape index (κ1) is 66.3. The van der Waals surface area contributed by atoms with Crippen LogP contribution in [0.2, 0.25) is 10.0 Å². The fraction of sp³-hybridized carbons (Fsp3) is 0.528. The molecule has 12 rings (SSSR count). The molecule has 4 aliphatic heterocycles.